The Bertz CT molecular complexity index is 569. The van der Waals surface area contributed by atoms with E-state index >= 15 is 0 Å². The number of aromatic nitrogens is 2. The van der Waals surface area contributed by atoms with Gasteiger partial charge in [0.15, 0.2) is 11.6 Å². The van der Waals surface area contributed by atoms with Crippen LogP contribution in [0.2, 0.25) is 0 Å². The van der Waals surface area contributed by atoms with Gasteiger partial charge in [0.2, 0.25) is 11.8 Å². The molecule has 0 aliphatic heterocycles. The molecule has 1 heterocycles. The maximum absolute atomic E-state index is 13.1. The lowest BCUT2D eigenvalue weighted by Crippen LogP contribution is -2.16. The number of halogens is 2. The number of benzene rings is 1. The molecule has 19 heavy (non-hydrogen) atoms. The number of nitrogens with zero attached hydrogens (tertiary/aromatic N) is 3. The van der Waals surface area contributed by atoms with Crippen molar-refractivity contribution in [3.63, 3.8) is 0 Å². The second-order valence-electron chi connectivity index (χ2n) is 4.64. The lowest BCUT2D eigenvalue weighted by Gasteiger charge is -2.17. The Morgan fingerprint density at radius 2 is 1.95 bits per heavy atom. The molecule has 0 saturated heterocycles. The van der Waals surface area contributed by atoms with E-state index in [-0.39, 0.29) is 5.92 Å². The Balaban J connectivity index is 2.11. The maximum Gasteiger partial charge on any atom is 0.235 e. The molecule has 0 saturated carbocycles. The van der Waals surface area contributed by atoms with Gasteiger partial charge in [-0.2, -0.15) is 0 Å². The number of anilines is 1. The van der Waals surface area contributed by atoms with Crippen LogP contribution in [0.25, 0.3) is 0 Å². The van der Waals surface area contributed by atoms with Crippen molar-refractivity contribution in [2.75, 3.05) is 11.9 Å². The van der Waals surface area contributed by atoms with E-state index in [2.05, 4.69) is 10.2 Å². The Morgan fingerprint density at radius 1 is 1.21 bits per heavy atom. The van der Waals surface area contributed by atoms with Crippen molar-refractivity contribution in [2.45, 2.75) is 26.3 Å². The van der Waals surface area contributed by atoms with Crippen LogP contribution < -0.4 is 4.90 Å². The molecule has 6 heteroatoms. The first-order valence-electron chi connectivity index (χ1n) is 5.96. The lowest BCUT2D eigenvalue weighted by atomic mass is 10.2. The summed E-state index contributed by atoms with van der Waals surface area (Å²) in [5.74, 6) is -0.575. The van der Waals surface area contributed by atoms with Gasteiger partial charge < -0.3 is 9.32 Å². The third-order valence-corrected chi connectivity index (χ3v) is 2.69. The quantitative estimate of drug-likeness (QED) is 0.853. The van der Waals surface area contributed by atoms with Gasteiger partial charge in [-0.1, -0.05) is 13.8 Å². The van der Waals surface area contributed by atoms with Crippen molar-refractivity contribution in [1.29, 1.82) is 0 Å². The van der Waals surface area contributed by atoms with Gasteiger partial charge >= 0.3 is 0 Å². The average molecular weight is 267 g/mol. The van der Waals surface area contributed by atoms with Crippen molar-refractivity contribution in [1.82, 2.24) is 10.2 Å². The minimum Gasteiger partial charge on any atom is -0.423 e. The number of hydrogen-bond donors (Lipinski definition) is 0. The standard InChI is InChI=1S/C13H15F2N3O/c1-8(2)13-17-16-12(19-13)7-18(3)9-4-5-10(14)11(15)6-9/h4-6,8H,7H2,1-3H3. The predicted octanol–water partition coefficient (Wildman–Crippen LogP) is 3.11. The van der Waals surface area contributed by atoms with E-state index in [4.69, 9.17) is 4.42 Å². The molecule has 0 spiro atoms. The normalized spacial score (nSPS) is 11.1. The number of rotatable bonds is 4. The van der Waals surface area contributed by atoms with Crippen LogP contribution in [0.3, 0.4) is 0 Å². The highest BCUT2D eigenvalue weighted by Crippen LogP contribution is 2.19. The Kier molecular flexibility index (Phi) is 3.78. The summed E-state index contributed by atoms with van der Waals surface area (Å²) in [6, 6.07) is 3.72. The van der Waals surface area contributed by atoms with Crippen molar-refractivity contribution in [3.05, 3.63) is 41.6 Å². The predicted molar refractivity (Wildman–Crippen MR) is 66.9 cm³/mol. The summed E-state index contributed by atoms with van der Waals surface area (Å²) in [4.78, 5) is 1.71. The first-order chi connectivity index (χ1) is 8.97. The molecule has 0 aliphatic rings. The van der Waals surface area contributed by atoms with Crippen molar-refractivity contribution in [3.8, 4) is 0 Å². The van der Waals surface area contributed by atoms with Crippen LogP contribution in [0.1, 0.15) is 31.5 Å². The molecule has 0 unspecified atom stereocenters. The van der Waals surface area contributed by atoms with Crippen LogP contribution >= 0.6 is 0 Å². The third kappa shape index (κ3) is 3.07. The van der Waals surface area contributed by atoms with Gasteiger partial charge in [0.05, 0.1) is 6.54 Å². The summed E-state index contributed by atoms with van der Waals surface area (Å²) in [6.45, 7) is 4.25. The minimum absolute atomic E-state index is 0.162. The van der Waals surface area contributed by atoms with Gasteiger partial charge in [-0.25, -0.2) is 8.78 Å². The summed E-state index contributed by atoms with van der Waals surface area (Å²) in [6.07, 6.45) is 0. The van der Waals surface area contributed by atoms with Crippen LogP contribution in [0.15, 0.2) is 22.6 Å². The zero-order valence-corrected chi connectivity index (χ0v) is 11.0. The topological polar surface area (TPSA) is 42.2 Å². The number of hydrogen-bond acceptors (Lipinski definition) is 4. The van der Waals surface area contributed by atoms with Crippen LogP contribution in [-0.2, 0) is 6.54 Å². The zero-order valence-electron chi connectivity index (χ0n) is 11.0. The fourth-order valence-electron chi connectivity index (χ4n) is 1.58. The second-order valence-corrected chi connectivity index (χ2v) is 4.64. The van der Waals surface area contributed by atoms with E-state index in [1.165, 1.54) is 6.07 Å². The molecule has 2 rings (SSSR count). The van der Waals surface area contributed by atoms with Crippen LogP contribution in [-0.4, -0.2) is 17.2 Å². The van der Waals surface area contributed by atoms with E-state index in [0.29, 0.717) is 24.0 Å². The zero-order chi connectivity index (χ0) is 14.0. The lowest BCUT2D eigenvalue weighted by molar-refractivity contribution is 0.431. The highest BCUT2D eigenvalue weighted by Gasteiger charge is 2.13. The van der Waals surface area contributed by atoms with Crippen LogP contribution in [0, 0.1) is 11.6 Å². The molecule has 1 aromatic heterocycles. The molecular weight excluding hydrogens is 252 g/mol. The third-order valence-electron chi connectivity index (χ3n) is 2.69. The van der Waals surface area contributed by atoms with E-state index in [1.54, 1.807) is 11.9 Å². The molecule has 0 radical (unpaired) electrons. The first kappa shape index (κ1) is 13.5. The molecule has 0 N–H and O–H groups in total. The summed E-state index contributed by atoms with van der Waals surface area (Å²) < 4.78 is 31.4. The highest BCUT2D eigenvalue weighted by molar-refractivity contribution is 5.45. The fraction of sp³-hybridized carbons (Fsp3) is 0.385. The van der Waals surface area contributed by atoms with E-state index in [0.717, 1.165) is 12.1 Å². The molecule has 2 aromatic rings. The first-order valence-corrected chi connectivity index (χ1v) is 5.96. The van der Waals surface area contributed by atoms with E-state index in [1.807, 2.05) is 13.8 Å². The molecule has 0 fully saturated rings. The summed E-state index contributed by atoms with van der Waals surface area (Å²) >= 11 is 0. The monoisotopic (exact) mass is 267 g/mol. The molecule has 0 amide bonds. The molecule has 0 bridgehead atoms. The molecular formula is C13H15F2N3O. The van der Waals surface area contributed by atoms with Crippen molar-refractivity contribution in [2.24, 2.45) is 0 Å². The summed E-state index contributed by atoms with van der Waals surface area (Å²) in [7, 11) is 1.74. The second kappa shape index (κ2) is 5.34. The average Bonchev–Trinajstić information content (AvgIpc) is 2.81. The van der Waals surface area contributed by atoms with Crippen LogP contribution in [0.4, 0.5) is 14.5 Å². The molecule has 0 atom stereocenters. The van der Waals surface area contributed by atoms with Crippen LogP contribution in [0.5, 0.6) is 0 Å². The fourth-order valence-corrected chi connectivity index (χ4v) is 1.58. The SMILES string of the molecule is CC(C)c1nnc(CN(C)c2ccc(F)c(F)c2)o1. The Hall–Kier alpha value is -1.98. The largest absolute Gasteiger partial charge is 0.423 e. The molecule has 102 valence electrons. The van der Waals surface area contributed by atoms with Gasteiger partial charge in [-0.15, -0.1) is 10.2 Å². The Morgan fingerprint density at radius 3 is 2.53 bits per heavy atom. The van der Waals surface area contributed by atoms with Gasteiger partial charge in [0.25, 0.3) is 0 Å². The smallest absolute Gasteiger partial charge is 0.235 e. The van der Waals surface area contributed by atoms with E-state index in [9.17, 15) is 8.78 Å². The molecule has 0 aliphatic carbocycles. The maximum atomic E-state index is 13.1. The van der Waals surface area contributed by atoms with Gasteiger partial charge in [0.1, 0.15) is 0 Å². The van der Waals surface area contributed by atoms with Gasteiger partial charge in [-0.05, 0) is 12.1 Å². The summed E-state index contributed by atoms with van der Waals surface area (Å²) in [5, 5.41) is 7.83. The van der Waals surface area contributed by atoms with Gasteiger partial charge in [0, 0.05) is 24.7 Å². The molecule has 4 nitrogen and oxygen atoms in total. The van der Waals surface area contributed by atoms with Crippen molar-refractivity contribution >= 4 is 5.69 Å². The Labute approximate surface area is 110 Å². The summed E-state index contributed by atoms with van der Waals surface area (Å²) in [5.41, 5.74) is 0.545. The minimum atomic E-state index is -0.877. The molecule has 1 aromatic carbocycles. The van der Waals surface area contributed by atoms with E-state index < -0.39 is 11.6 Å². The van der Waals surface area contributed by atoms with Gasteiger partial charge in [-0.3, -0.25) is 0 Å². The van der Waals surface area contributed by atoms with Crippen molar-refractivity contribution < 1.29 is 13.2 Å². The highest BCUT2D eigenvalue weighted by atomic mass is 19.2.